The fourth-order valence-corrected chi connectivity index (χ4v) is 2.99. The lowest BCUT2D eigenvalue weighted by molar-refractivity contribution is 0.0697. The number of pyridine rings is 1. The van der Waals surface area contributed by atoms with E-state index < -0.39 is 6.10 Å². The summed E-state index contributed by atoms with van der Waals surface area (Å²) in [5.74, 6) is 0. The van der Waals surface area contributed by atoms with E-state index in [1.54, 1.807) is 0 Å². The number of aliphatic hydroxyl groups excluding tert-OH is 1. The number of benzene rings is 1. The third-order valence-corrected chi connectivity index (χ3v) is 4.47. The van der Waals surface area contributed by atoms with Gasteiger partial charge >= 0.3 is 0 Å². The molecule has 2 aromatic rings. The summed E-state index contributed by atoms with van der Waals surface area (Å²) < 4.78 is 0. The van der Waals surface area contributed by atoms with E-state index in [0.717, 1.165) is 44.0 Å². The van der Waals surface area contributed by atoms with Gasteiger partial charge in [-0.2, -0.15) is 0 Å². The predicted molar refractivity (Wildman–Crippen MR) is 92.1 cm³/mol. The molecule has 2 heterocycles. The van der Waals surface area contributed by atoms with Crippen LogP contribution in [0, 0.1) is 6.92 Å². The van der Waals surface area contributed by atoms with Gasteiger partial charge in [0, 0.05) is 45.5 Å². The van der Waals surface area contributed by atoms with Crippen molar-refractivity contribution in [1.29, 1.82) is 0 Å². The summed E-state index contributed by atoms with van der Waals surface area (Å²) in [4.78, 5) is 9.17. The van der Waals surface area contributed by atoms with Crippen molar-refractivity contribution in [3.8, 4) is 0 Å². The maximum atomic E-state index is 10.4. The lowest BCUT2D eigenvalue weighted by atomic mass is 10.1. The Morgan fingerprint density at radius 2 is 1.70 bits per heavy atom. The van der Waals surface area contributed by atoms with Crippen LogP contribution < -0.4 is 0 Å². The zero-order valence-corrected chi connectivity index (χ0v) is 13.7. The maximum Gasteiger partial charge on any atom is 0.0916 e. The number of hydrogen-bond donors (Lipinski definition) is 1. The molecule has 0 saturated carbocycles. The fourth-order valence-electron chi connectivity index (χ4n) is 2.99. The van der Waals surface area contributed by atoms with Gasteiger partial charge in [-0.3, -0.25) is 14.8 Å². The predicted octanol–water partition coefficient (Wildman–Crippen LogP) is 2.24. The van der Waals surface area contributed by atoms with Crippen LogP contribution in [0.3, 0.4) is 0 Å². The van der Waals surface area contributed by atoms with E-state index in [1.165, 1.54) is 5.56 Å². The Kier molecular flexibility index (Phi) is 5.39. The molecule has 1 saturated heterocycles. The molecule has 1 atom stereocenters. The number of nitrogens with zero attached hydrogens (tertiary/aromatic N) is 3. The molecule has 3 rings (SSSR count). The van der Waals surface area contributed by atoms with E-state index in [1.807, 2.05) is 30.5 Å². The number of piperazine rings is 1. The van der Waals surface area contributed by atoms with Gasteiger partial charge in [0.25, 0.3) is 0 Å². The van der Waals surface area contributed by atoms with E-state index in [2.05, 4.69) is 39.9 Å². The Morgan fingerprint density at radius 1 is 1.00 bits per heavy atom. The monoisotopic (exact) mass is 311 g/mol. The summed E-state index contributed by atoms with van der Waals surface area (Å²) in [6, 6.07) is 14.2. The highest BCUT2D eigenvalue weighted by Crippen LogP contribution is 2.16. The van der Waals surface area contributed by atoms with Crippen LogP contribution in [-0.4, -0.2) is 52.6 Å². The van der Waals surface area contributed by atoms with Crippen LogP contribution in [0.1, 0.15) is 22.9 Å². The third kappa shape index (κ3) is 4.61. The normalized spacial score (nSPS) is 18.0. The van der Waals surface area contributed by atoms with Gasteiger partial charge in [0.1, 0.15) is 0 Å². The molecule has 4 nitrogen and oxygen atoms in total. The smallest absolute Gasteiger partial charge is 0.0916 e. The molecule has 122 valence electrons. The second-order valence-electron chi connectivity index (χ2n) is 6.32. The molecule has 1 aliphatic heterocycles. The first kappa shape index (κ1) is 16.1. The summed E-state index contributed by atoms with van der Waals surface area (Å²) in [6.45, 7) is 7.73. The Hall–Kier alpha value is -1.75. The lowest BCUT2D eigenvalue weighted by Gasteiger charge is -2.35. The van der Waals surface area contributed by atoms with E-state index in [9.17, 15) is 5.11 Å². The van der Waals surface area contributed by atoms with Crippen LogP contribution in [0.5, 0.6) is 0 Å². The number of hydrogen-bond acceptors (Lipinski definition) is 4. The van der Waals surface area contributed by atoms with Gasteiger partial charge < -0.3 is 5.11 Å². The zero-order chi connectivity index (χ0) is 16.1. The second-order valence-corrected chi connectivity index (χ2v) is 6.32. The third-order valence-electron chi connectivity index (χ3n) is 4.47. The first-order chi connectivity index (χ1) is 11.2. The van der Waals surface area contributed by atoms with Crippen molar-refractivity contribution in [1.82, 2.24) is 14.8 Å². The number of aryl methyl sites for hydroxylation is 1. The van der Waals surface area contributed by atoms with Crippen LogP contribution in [0.25, 0.3) is 0 Å². The molecule has 0 spiro atoms. The zero-order valence-electron chi connectivity index (χ0n) is 13.7. The summed E-state index contributed by atoms with van der Waals surface area (Å²) in [7, 11) is 0. The first-order valence-electron chi connectivity index (χ1n) is 8.30. The molecule has 4 heteroatoms. The van der Waals surface area contributed by atoms with Crippen molar-refractivity contribution in [2.75, 3.05) is 32.7 Å². The quantitative estimate of drug-likeness (QED) is 0.919. The van der Waals surface area contributed by atoms with Crippen molar-refractivity contribution in [3.63, 3.8) is 0 Å². The van der Waals surface area contributed by atoms with E-state index >= 15 is 0 Å². The minimum Gasteiger partial charge on any atom is -0.387 e. The van der Waals surface area contributed by atoms with E-state index in [0.29, 0.717) is 6.54 Å². The van der Waals surface area contributed by atoms with Crippen molar-refractivity contribution >= 4 is 0 Å². The van der Waals surface area contributed by atoms with Crippen LogP contribution >= 0.6 is 0 Å². The largest absolute Gasteiger partial charge is 0.387 e. The molecule has 1 fully saturated rings. The average molecular weight is 311 g/mol. The summed E-state index contributed by atoms with van der Waals surface area (Å²) in [6.07, 6.45) is 1.45. The highest BCUT2D eigenvalue weighted by molar-refractivity contribution is 5.23. The average Bonchev–Trinajstić information content (AvgIpc) is 2.58. The minimum atomic E-state index is -0.405. The molecule has 0 bridgehead atoms. The van der Waals surface area contributed by atoms with Crippen LogP contribution in [0.2, 0.25) is 0 Å². The highest BCUT2D eigenvalue weighted by Gasteiger charge is 2.20. The van der Waals surface area contributed by atoms with E-state index in [4.69, 9.17) is 0 Å². The SMILES string of the molecule is Cc1ccc(C(O)CN2CCN(Cc3ccccn3)CC2)cc1. The number of aromatic nitrogens is 1. The minimum absolute atomic E-state index is 0.405. The second kappa shape index (κ2) is 7.68. The number of aliphatic hydroxyl groups is 1. The molecule has 23 heavy (non-hydrogen) atoms. The fraction of sp³-hybridized carbons (Fsp3) is 0.421. The summed E-state index contributed by atoms with van der Waals surface area (Å²) >= 11 is 0. The summed E-state index contributed by atoms with van der Waals surface area (Å²) in [5.41, 5.74) is 3.36. The molecular formula is C19H25N3O. The molecular weight excluding hydrogens is 286 g/mol. The highest BCUT2D eigenvalue weighted by atomic mass is 16.3. The van der Waals surface area contributed by atoms with Crippen LogP contribution in [0.15, 0.2) is 48.7 Å². The maximum absolute atomic E-state index is 10.4. The molecule has 1 unspecified atom stereocenters. The van der Waals surface area contributed by atoms with Gasteiger partial charge in [-0.15, -0.1) is 0 Å². The molecule has 0 aliphatic carbocycles. The molecule has 0 amide bonds. The standard InChI is InChI=1S/C19H25N3O/c1-16-5-7-17(8-6-16)19(23)15-22-12-10-21(11-13-22)14-18-4-2-3-9-20-18/h2-9,19,23H,10-15H2,1H3. The van der Waals surface area contributed by atoms with Crippen molar-refractivity contribution in [2.24, 2.45) is 0 Å². The van der Waals surface area contributed by atoms with Crippen molar-refractivity contribution in [3.05, 3.63) is 65.5 Å². The number of rotatable bonds is 5. The van der Waals surface area contributed by atoms with E-state index in [-0.39, 0.29) is 0 Å². The van der Waals surface area contributed by atoms with Gasteiger partial charge in [-0.05, 0) is 24.6 Å². The topological polar surface area (TPSA) is 39.6 Å². The molecule has 0 radical (unpaired) electrons. The van der Waals surface area contributed by atoms with Gasteiger partial charge in [0.05, 0.1) is 11.8 Å². The molecule has 1 N–H and O–H groups in total. The van der Waals surface area contributed by atoms with Gasteiger partial charge in [-0.1, -0.05) is 35.9 Å². The number of β-amino-alcohol motifs (C(OH)–C–C–N with tert-alkyl or cyclic N) is 1. The van der Waals surface area contributed by atoms with Gasteiger partial charge in [-0.25, -0.2) is 0 Å². The van der Waals surface area contributed by atoms with Crippen molar-refractivity contribution in [2.45, 2.75) is 19.6 Å². The Labute approximate surface area is 138 Å². The first-order valence-corrected chi connectivity index (χ1v) is 8.30. The van der Waals surface area contributed by atoms with Crippen LogP contribution in [0.4, 0.5) is 0 Å². The summed E-state index contributed by atoms with van der Waals surface area (Å²) in [5, 5.41) is 10.4. The molecule has 1 aromatic heterocycles. The van der Waals surface area contributed by atoms with Gasteiger partial charge in [0.15, 0.2) is 0 Å². The molecule has 1 aliphatic rings. The van der Waals surface area contributed by atoms with Crippen LogP contribution in [-0.2, 0) is 6.54 Å². The van der Waals surface area contributed by atoms with Crippen molar-refractivity contribution < 1.29 is 5.11 Å². The Balaban J connectivity index is 1.46. The molecule has 1 aromatic carbocycles. The Morgan fingerprint density at radius 3 is 2.35 bits per heavy atom. The Bertz CT molecular complexity index is 592. The lowest BCUT2D eigenvalue weighted by Crippen LogP contribution is -2.47. The van der Waals surface area contributed by atoms with Gasteiger partial charge in [0.2, 0.25) is 0 Å².